The standard InChI is InChI=1S/C25H58N12O/c26-4-1-5-28-6-2-7-29-8-3-9-36-23(38)16-37-25-20-33-13-10-30-17-24(27,18-31-11-14-34-21-25)19-32-12-15-35-22-25/h28-35,37H,1-22,26-27H2,(H,36,38). The number of carbonyl (C=O) groups is 1. The fourth-order valence-corrected chi connectivity index (χ4v) is 4.67. The van der Waals surface area contributed by atoms with E-state index >= 15 is 0 Å². The highest BCUT2D eigenvalue weighted by molar-refractivity contribution is 5.78. The second-order valence-corrected chi connectivity index (χ2v) is 10.8. The number of amides is 1. The van der Waals surface area contributed by atoms with Crippen molar-refractivity contribution in [1.29, 1.82) is 0 Å². The van der Waals surface area contributed by atoms with Gasteiger partial charge in [-0.05, 0) is 52.0 Å². The predicted octanol–water partition coefficient (Wildman–Crippen LogP) is -5.00. The maximum atomic E-state index is 12.6. The van der Waals surface area contributed by atoms with Gasteiger partial charge in [0.2, 0.25) is 5.91 Å². The number of carbonyl (C=O) groups excluding carboxylic acids is 1. The number of hydrogen-bond donors (Lipinski definition) is 12. The highest BCUT2D eigenvalue weighted by Gasteiger charge is 2.30. The minimum absolute atomic E-state index is 0.0339. The Labute approximate surface area is 230 Å². The molecule has 38 heavy (non-hydrogen) atoms. The van der Waals surface area contributed by atoms with Gasteiger partial charge in [-0.3, -0.25) is 10.1 Å². The van der Waals surface area contributed by atoms with E-state index in [0.29, 0.717) is 6.54 Å². The average molecular weight is 543 g/mol. The minimum atomic E-state index is -0.329. The SMILES string of the molecule is NCCCNCCCNCCCNC(=O)CNC12CNCCNCC(N)(CNCCNC1)CNCCNC2. The van der Waals surface area contributed by atoms with E-state index in [1.165, 1.54) is 0 Å². The Kier molecular flexibility index (Phi) is 18.3. The van der Waals surface area contributed by atoms with Crippen molar-refractivity contribution >= 4 is 5.91 Å². The first-order chi connectivity index (χ1) is 18.6. The van der Waals surface area contributed by atoms with E-state index in [2.05, 4.69) is 53.2 Å². The Hall–Kier alpha value is -0.970. The van der Waals surface area contributed by atoms with Crippen LogP contribution in [0.25, 0.3) is 0 Å². The summed E-state index contributed by atoms with van der Waals surface area (Å²) in [5.74, 6) is 0.0339. The molecule has 0 aromatic carbocycles. The molecule has 3 fully saturated rings. The van der Waals surface area contributed by atoms with Crippen LogP contribution in [0.5, 0.6) is 0 Å². The molecule has 13 nitrogen and oxygen atoms in total. The summed E-state index contributed by atoms with van der Waals surface area (Å²) in [4.78, 5) is 12.6. The smallest absolute Gasteiger partial charge is 0.233 e. The summed E-state index contributed by atoms with van der Waals surface area (Å²) in [6, 6.07) is 0. The van der Waals surface area contributed by atoms with Gasteiger partial charge in [0.1, 0.15) is 0 Å². The van der Waals surface area contributed by atoms with Gasteiger partial charge >= 0.3 is 0 Å². The van der Waals surface area contributed by atoms with Crippen LogP contribution in [0.2, 0.25) is 0 Å². The summed E-state index contributed by atoms with van der Waals surface area (Å²) in [5.41, 5.74) is 11.6. The van der Waals surface area contributed by atoms with Crippen LogP contribution in [-0.2, 0) is 4.79 Å². The van der Waals surface area contributed by atoms with Crippen molar-refractivity contribution in [2.24, 2.45) is 11.5 Å². The van der Waals surface area contributed by atoms with Crippen LogP contribution in [0.4, 0.5) is 0 Å². The van der Waals surface area contributed by atoms with Gasteiger partial charge in [0.15, 0.2) is 0 Å². The molecule has 2 bridgehead atoms. The van der Waals surface area contributed by atoms with Gasteiger partial charge in [-0.25, -0.2) is 0 Å². The molecule has 0 radical (unpaired) electrons. The third-order valence-electron chi connectivity index (χ3n) is 7.00. The molecular formula is C25H58N12O. The molecule has 3 saturated heterocycles. The lowest BCUT2D eigenvalue weighted by Gasteiger charge is -2.37. The molecule has 224 valence electrons. The molecule has 14 N–H and O–H groups in total. The molecule has 3 aliphatic rings. The van der Waals surface area contributed by atoms with Crippen molar-refractivity contribution in [3.63, 3.8) is 0 Å². The molecule has 3 heterocycles. The first-order valence-electron chi connectivity index (χ1n) is 14.7. The van der Waals surface area contributed by atoms with Crippen LogP contribution < -0.4 is 64.6 Å². The maximum absolute atomic E-state index is 12.6. The molecule has 1 amide bonds. The van der Waals surface area contributed by atoms with Crippen LogP contribution in [0.3, 0.4) is 0 Å². The molecule has 13 heteroatoms. The topological polar surface area (TPSA) is 189 Å². The van der Waals surface area contributed by atoms with Crippen molar-refractivity contribution in [2.45, 2.75) is 30.3 Å². The van der Waals surface area contributed by atoms with Gasteiger partial charge in [0.25, 0.3) is 0 Å². The van der Waals surface area contributed by atoms with E-state index in [1.807, 2.05) is 0 Å². The highest BCUT2D eigenvalue weighted by atomic mass is 16.1. The van der Waals surface area contributed by atoms with Gasteiger partial charge < -0.3 is 59.3 Å². The van der Waals surface area contributed by atoms with Crippen molar-refractivity contribution in [3.05, 3.63) is 0 Å². The number of nitrogens with two attached hydrogens (primary N) is 2. The maximum Gasteiger partial charge on any atom is 0.233 e. The molecule has 3 rings (SSSR count). The third kappa shape index (κ3) is 15.6. The number of fused-ring (bicyclic) bond motifs is 15. The van der Waals surface area contributed by atoms with Gasteiger partial charge in [0, 0.05) is 85.1 Å². The lowest BCUT2D eigenvalue weighted by atomic mass is 9.98. The fourth-order valence-electron chi connectivity index (χ4n) is 4.67. The Bertz CT molecular complexity index is 553. The second-order valence-electron chi connectivity index (χ2n) is 10.8. The van der Waals surface area contributed by atoms with E-state index < -0.39 is 0 Å². The zero-order chi connectivity index (χ0) is 27.2. The van der Waals surface area contributed by atoms with E-state index in [-0.39, 0.29) is 23.5 Å². The molecule has 0 aromatic heterocycles. The first kappa shape index (κ1) is 33.2. The summed E-state index contributed by atoms with van der Waals surface area (Å²) >= 11 is 0. The Balaban J connectivity index is 1.74. The Morgan fingerprint density at radius 1 is 0.632 bits per heavy atom. The Morgan fingerprint density at radius 2 is 1.05 bits per heavy atom. The normalized spacial score (nSPS) is 26.5. The second kappa shape index (κ2) is 20.9. The fraction of sp³-hybridized carbons (Fsp3) is 0.960. The number of rotatable bonds is 14. The molecule has 0 saturated carbocycles. The van der Waals surface area contributed by atoms with Crippen LogP contribution in [-0.4, -0.2) is 141 Å². The molecule has 3 aliphatic heterocycles. The summed E-state index contributed by atoms with van der Waals surface area (Å²) in [7, 11) is 0. The molecule has 0 aliphatic carbocycles. The molecule has 0 atom stereocenters. The highest BCUT2D eigenvalue weighted by Crippen LogP contribution is 2.03. The summed E-state index contributed by atoms with van der Waals surface area (Å²) in [5, 5.41) is 34.8. The Morgan fingerprint density at radius 3 is 1.53 bits per heavy atom. The van der Waals surface area contributed by atoms with E-state index in [9.17, 15) is 4.79 Å². The van der Waals surface area contributed by atoms with Crippen molar-refractivity contribution in [3.8, 4) is 0 Å². The summed E-state index contributed by atoms with van der Waals surface area (Å²) in [6.07, 6.45) is 3.03. The summed E-state index contributed by atoms with van der Waals surface area (Å²) < 4.78 is 0. The quantitative estimate of drug-likeness (QED) is 0.0938. The largest absolute Gasteiger partial charge is 0.355 e. The minimum Gasteiger partial charge on any atom is -0.355 e. The van der Waals surface area contributed by atoms with E-state index in [4.69, 9.17) is 11.5 Å². The van der Waals surface area contributed by atoms with Crippen molar-refractivity contribution in [1.82, 2.24) is 53.2 Å². The third-order valence-corrected chi connectivity index (χ3v) is 7.00. The van der Waals surface area contributed by atoms with Crippen molar-refractivity contribution < 1.29 is 4.79 Å². The monoisotopic (exact) mass is 542 g/mol. The molecular weight excluding hydrogens is 484 g/mol. The first-order valence-corrected chi connectivity index (χ1v) is 14.7. The summed E-state index contributed by atoms with van der Waals surface area (Å²) in [6.45, 7) is 15.1. The number of nitrogens with one attached hydrogen (secondary N) is 10. The average Bonchev–Trinajstić information content (AvgIpc) is 2.91. The van der Waals surface area contributed by atoms with Crippen LogP contribution in [0.1, 0.15) is 19.3 Å². The molecule has 0 spiro atoms. The number of hydrogen-bond acceptors (Lipinski definition) is 12. The van der Waals surface area contributed by atoms with E-state index in [1.54, 1.807) is 0 Å². The van der Waals surface area contributed by atoms with Crippen LogP contribution in [0, 0.1) is 0 Å². The molecule has 0 unspecified atom stereocenters. The lowest BCUT2D eigenvalue weighted by molar-refractivity contribution is -0.120. The van der Waals surface area contributed by atoms with Gasteiger partial charge in [-0.2, -0.15) is 0 Å². The van der Waals surface area contributed by atoms with Crippen molar-refractivity contribution in [2.75, 3.05) is 124 Å². The predicted molar refractivity (Wildman–Crippen MR) is 157 cm³/mol. The zero-order valence-electron chi connectivity index (χ0n) is 23.6. The van der Waals surface area contributed by atoms with Gasteiger partial charge in [0.05, 0.1) is 17.6 Å². The lowest BCUT2D eigenvalue weighted by Crippen LogP contribution is -2.67. The van der Waals surface area contributed by atoms with Crippen LogP contribution >= 0.6 is 0 Å². The molecule has 0 aromatic rings. The van der Waals surface area contributed by atoms with Gasteiger partial charge in [-0.1, -0.05) is 0 Å². The zero-order valence-corrected chi connectivity index (χ0v) is 23.6. The van der Waals surface area contributed by atoms with Crippen LogP contribution in [0.15, 0.2) is 0 Å². The van der Waals surface area contributed by atoms with E-state index in [0.717, 1.165) is 131 Å². The van der Waals surface area contributed by atoms with Gasteiger partial charge in [-0.15, -0.1) is 0 Å².